The van der Waals surface area contributed by atoms with Crippen LogP contribution in [0.3, 0.4) is 0 Å². The van der Waals surface area contributed by atoms with Crippen LogP contribution in [-0.2, 0) is 0 Å². The molecule has 0 amide bonds. The third kappa shape index (κ3) is 2.37. The van der Waals surface area contributed by atoms with Gasteiger partial charge < -0.3 is 4.98 Å². The molecule has 0 spiro atoms. The van der Waals surface area contributed by atoms with Crippen molar-refractivity contribution in [1.29, 1.82) is 0 Å². The van der Waals surface area contributed by atoms with E-state index in [1.807, 2.05) is 11.3 Å². The van der Waals surface area contributed by atoms with Crippen molar-refractivity contribution in [2.75, 3.05) is 0 Å². The van der Waals surface area contributed by atoms with E-state index in [1.54, 1.807) is 0 Å². The fraction of sp³-hybridized carbons (Fsp3) is 0.0345. The molecule has 0 aliphatic heterocycles. The molecule has 0 bridgehead atoms. The van der Waals surface area contributed by atoms with Crippen LogP contribution in [0, 0.1) is 6.92 Å². The third-order valence-electron chi connectivity index (χ3n) is 6.47. The van der Waals surface area contributed by atoms with Crippen molar-refractivity contribution in [3.63, 3.8) is 0 Å². The molecule has 7 aromatic rings. The Balaban J connectivity index is 1.67. The predicted octanol–water partition coefficient (Wildman–Crippen LogP) is 8.82. The van der Waals surface area contributed by atoms with Crippen molar-refractivity contribution in [3.05, 3.63) is 96.6 Å². The van der Waals surface area contributed by atoms with E-state index in [9.17, 15) is 0 Å². The lowest BCUT2D eigenvalue weighted by Crippen LogP contribution is -1.79. The summed E-state index contributed by atoms with van der Waals surface area (Å²) in [5.41, 5.74) is 6.22. The summed E-state index contributed by atoms with van der Waals surface area (Å²) < 4.78 is 2.73. The number of rotatable bonds is 1. The summed E-state index contributed by atoms with van der Waals surface area (Å²) in [5.74, 6) is 0. The number of benzene rings is 5. The van der Waals surface area contributed by atoms with Gasteiger partial charge in [0.25, 0.3) is 0 Å². The molecule has 0 saturated carbocycles. The Morgan fingerprint density at radius 1 is 0.613 bits per heavy atom. The standard InChI is InChI=1S/C29H19NS/c1-17-10-12-18(13-11-17)19-14-15-22-24(16-19)30-28-20-6-2-3-7-21(20)29-27(26(22)28)23-8-4-5-9-25(23)31-29/h2-16,30H,1H3. The summed E-state index contributed by atoms with van der Waals surface area (Å²) in [6.45, 7) is 2.13. The van der Waals surface area contributed by atoms with Crippen LogP contribution in [0.5, 0.6) is 0 Å². The number of aromatic amines is 1. The molecule has 0 unspecified atom stereocenters. The zero-order valence-electron chi connectivity index (χ0n) is 17.1. The topological polar surface area (TPSA) is 15.8 Å². The van der Waals surface area contributed by atoms with E-state index < -0.39 is 0 Å². The van der Waals surface area contributed by atoms with Crippen molar-refractivity contribution in [3.8, 4) is 11.1 Å². The second-order valence-corrected chi connectivity index (χ2v) is 9.40. The second kappa shape index (κ2) is 6.19. The highest BCUT2D eigenvalue weighted by Gasteiger charge is 2.17. The summed E-state index contributed by atoms with van der Waals surface area (Å²) in [6.07, 6.45) is 0. The van der Waals surface area contributed by atoms with Crippen molar-refractivity contribution in [2.45, 2.75) is 6.92 Å². The van der Waals surface area contributed by atoms with Gasteiger partial charge in [-0.25, -0.2) is 0 Å². The molecule has 0 atom stereocenters. The Morgan fingerprint density at radius 3 is 2.16 bits per heavy atom. The lowest BCUT2D eigenvalue weighted by molar-refractivity contribution is 1.47. The van der Waals surface area contributed by atoms with Crippen LogP contribution in [0.1, 0.15) is 5.56 Å². The maximum atomic E-state index is 3.79. The first-order chi connectivity index (χ1) is 15.3. The van der Waals surface area contributed by atoms with Gasteiger partial charge in [0.15, 0.2) is 0 Å². The summed E-state index contributed by atoms with van der Waals surface area (Å²) in [5, 5.41) is 7.99. The second-order valence-electron chi connectivity index (χ2n) is 8.35. The summed E-state index contributed by atoms with van der Waals surface area (Å²) in [7, 11) is 0. The van der Waals surface area contributed by atoms with Crippen LogP contribution in [0.4, 0.5) is 0 Å². The number of hydrogen-bond donors (Lipinski definition) is 1. The average Bonchev–Trinajstić information content (AvgIpc) is 3.38. The highest BCUT2D eigenvalue weighted by molar-refractivity contribution is 7.27. The molecular weight excluding hydrogens is 394 g/mol. The molecule has 1 nitrogen and oxygen atoms in total. The Morgan fingerprint density at radius 2 is 1.32 bits per heavy atom. The number of H-pyrrole nitrogens is 1. The molecule has 2 heterocycles. The summed E-state index contributed by atoms with van der Waals surface area (Å²) in [6, 6.07) is 33.2. The van der Waals surface area contributed by atoms with E-state index in [2.05, 4.69) is 103 Å². The minimum absolute atomic E-state index is 1.20. The van der Waals surface area contributed by atoms with Crippen molar-refractivity contribution in [1.82, 2.24) is 4.98 Å². The van der Waals surface area contributed by atoms with Gasteiger partial charge in [-0.2, -0.15) is 0 Å². The van der Waals surface area contributed by atoms with Gasteiger partial charge in [0.05, 0.1) is 5.52 Å². The van der Waals surface area contributed by atoms with Gasteiger partial charge in [0.1, 0.15) is 0 Å². The van der Waals surface area contributed by atoms with Crippen LogP contribution in [0.2, 0.25) is 0 Å². The number of fused-ring (bicyclic) bond motifs is 10. The number of aryl methyl sites for hydroxylation is 1. The normalized spacial score (nSPS) is 12.0. The lowest BCUT2D eigenvalue weighted by atomic mass is 9.98. The van der Waals surface area contributed by atoms with Gasteiger partial charge in [-0.3, -0.25) is 0 Å². The van der Waals surface area contributed by atoms with Crippen LogP contribution < -0.4 is 0 Å². The molecular formula is C29H19NS. The molecule has 0 saturated heterocycles. The van der Waals surface area contributed by atoms with Crippen LogP contribution >= 0.6 is 11.3 Å². The van der Waals surface area contributed by atoms with E-state index in [0.717, 1.165) is 0 Å². The SMILES string of the molecule is Cc1ccc(-c2ccc3c(c2)[nH]c2c4ccccc4c4sc5ccccc5c4c32)cc1. The molecule has 0 aliphatic carbocycles. The summed E-state index contributed by atoms with van der Waals surface area (Å²) >= 11 is 1.91. The molecule has 2 heteroatoms. The quantitative estimate of drug-likeness (QED) is 0.277. The Bertz CT molecular complexity index is 1780. The van der Waals surface area contributed by atoms with E-state index >= 15 is 0 Å². The smallest absolute Gasteiger partial charge is 0.0551 e. The Labute approximate surface area is 183 Å². The monoisotopic (exact) mass is 413 g/mol. The van der Waals surface area contributed by atoms with Crippen molar-refractivity contribution < 1.29 is 0 Å². The van der Waals surface area contributed by atoms with Crippen LogP contribution in [0.15, 0.2) is 91.0 Å². The molecule has 5 aromatic carbocycles. The molecule has 31 heavy (non-hydrogen) atoms. The van der Waals surface area contributed by atoms with E-state index in [-0.39, 0.29) is 0 Å². The van der Waals surface area contributed by atoms with Gasteiger partial charge in [-0.15, -0.1) is 11.3 Å². The molecule has 0 aliphatic rings. The minimum atomic E-state index is 1.20. The maximum absolute atomic E-state index is 3.79. The van der Waals surface area contributed by atoms with E-state index in [4.69, 9.17) is 0 Å². The van der Waals surface area contributed by atoms with Gasteiger partial charge >= 0.3 is 0 Å². The van der Waals surface area contributed by atoms with Crippen LogP contribution in [0.25, 0.3) is 63.9 Å². The van der Waals surface area contributed by atoms with Gasteiger partial charge in [0, 0.05) is 47.2 Å². The fourth-order valence-electron chi connectivity index (χ4n) is 4.97. The fourth-order valence-corrected chi connectivity index (χ4v) is 6.22. The van der Waals surface area contributed by atoms with Gasteiger partial charge in [-0.05, 0) is 30.2 Å². The summed E-state index contributed by atoms with van der Waals surface area (Å²) in [4.78, 5) is 3.79. The largest absolute Gasteiger partial charge is 0.354 e. The highest BCUT2D eigenvalue weighted by Crippen LogP contribution is 2.46. The van der Waals surface area contributed by atoms with Gasteiger partial charge in [-0.1, -0.05) is 84.4 Å². The Hall–Kier alpha value is -3.62. The molecule has 146 valence electrons. The number of nitrogens with one attached hydrogen (secondary N) is 1. The average molecular weight is 414 g/mol. The predicted molar refractivity (Wildman–Crippen MR) is 136 cm³/mol. The van der Waals surface area contributed by atoms with Crippen LogP contribution in [-0.4, -0.2) is 4.98 Å². The molecule has 1 N–H and O–H groups in total. The molecule has 0 radical (unpaired) electrons. The van der Waals surface area contributed by atoms with Crippen molar-refractivity contribution >= 4 is 64.1 Å². The number of hydrogen-bond acceptors (Lipinski definition) is 1. The van der Waals surface area contributed by atoms with E-state index in [0.29, 0.717) is 0 Å². The maximum Gasteiger partial charge on any atom is 0.0551 e. The number of thiophene rings is 1. The first kappa shape index (κ1) is 17.1. The Kier molecular flexibility index (Phi) is 3.42. The zero-order valence-corrected chi connectivity index (χ0v) is 17.9. The van der Waals surface area contributed by atoms with Crippen molar-refractivity contribution in [2.24, 2.45) is 0 Å². The van der Waals surface area contributed by atoms with E-state index in [1.165, 1.54) is 69.4 Å². The highest BCUT2D eigenvalue weighted by atomic mass is 32.1. The molecule has 2 aromatic heterocycles. The minimum Gasteiger partial charge on any atom is -0.354 e. The van der Waals surface area contributed by atoms with Gasteiger partial charge in [0.2, 0.25) is 0 Å². The zero-order chi connectivity index (χ0) is 20.5. The lowest BCUT2D eigenvalue weighted by Gasteiger charge is -2.04. The number of aromatic nitrogens is 1. The third-order valence-corrected chi connectivity index (χ3v) is 7.67. The molecule has 7 rings (SSSR count). The first-order valence-corrected chi connectivity index (χ1v) is 11.4. The molecule has 0 fully saturated rings. The first-order valence-electron chi connectivity index (χ1n) is 10.6.